The first-order valence-electron chi connectivity index (χ1n) is 6.62. The third kappa shape index (κ3) is 4.57. The highest BCUT2D eigenvalue weighted by Crippen LogP contribution is 2.25. The Bertz CT molecular complexity index is 433. The Morgan fingerprint density at radius 2 is 2.20 bits per heavy atom. The van der Waals surface area contributed by atoms with Crippen molar-refractivity contribution in [1.82, 2.24) is 5.32 Å². The van der Waals surface area contributed by atoms with Crippen LogP contribution in [0.3, 0.4) is 0 Å². The van der Waals surface area contributed by atoms with Crippen molar-refractivity contribution in [1.29, 1.82) is 0 Å². The summed E-state index contributed by atoms with van der Waals surface area (Å²) < 4.78 is 15.8. The number of methoxy groups -OCH3 is 1. The average molecular weight is 280 g/mol. The molecule has 0 radical (unpaired) electrons. The fraction of sp³-hybridized carbons (Fsp3) is 0.500. The van der Waals surface area contributed by atoms with Gasteiger partial charge in [-0.05, 0) is 12.1 Å². The van der Waals surface area contributed by atoms with Crippen molar-refractivity contribution in [2.24, 2.45) is 0 Å². The maximum absolute atomic E-state index is 11.7. The van der Waals surface area contributed by atoms with E-state index in [9.17, 15) is 4.79 Å². The second-order valence-corrected chi connectivity index (χ2v) is 4.42. The fourth-order valence-corrected chi connectivity index (χ4v) is 1.90. The van der Waals surface area contributed by atoms with Crippen LogP contribution in [0.25, 0.3) is 0 Å². The summed E-state index contributed by atoms with van der Waals surface area (Å²) in [6.07, 6.45) is -0.327. The van der Waals surface area contributed by atoms with Crippen LogP contribution >= 0.6 is 0 Å². The molecule has 1 fully saturated rings. The minimum atomic E-state index is -0.327. The first kappa shape index (κ1) is 14.9. The lowest BCUT2D eigenvalue weighted by atomic mass is 10.2. The number of carbonyl (C=O) groups is 1. The van der Waals surface area contributed by atoms with Gasteiger partial charge >= 0.3 is 0 Å². The average Bonchev–Trinajstić information content (AvgIpc) is 2.98. The van der Waals surface area contributed by atoms with Gasteiger partial charge in [0.1, 0.15) is 0 Å². The van der Waals surface area contributed by atoms with Crippen LogP contribution in [0.1, 0.15) is 11.9 Å². The van der Waals surface area contributed by atoms with Crippen LogP contribution < -0.4 is 10.6 Å². The lowest BCUT2D eigenvalue weighted by molar-refractivity contribution is -0.115. The molecule has 0 aliphatic carbocycles. The largest absolute Gasteiger partial charge is 0.383 e. The third-order valence-corrected chi connectivity index (χ3v) is 2.83. The molecule has 110 valence electrons. The molecule has 1 heterocycles. The van der Waals surface area contributed by atoms with Gasteiger partial charge in [-0.15, -0.1) is 0 Å². The Hall–Kier alpha value is -1.47. The standard InChI is InChI=1S/C14H20N2O4/c1-18-6-5-15-10-13(17)16-12-4-2-3-11(9-12)14-19-7-8-20-14/h2-4,9,14-15H,5-8,10H2,1H3,(H,16,17). The van der Waals surface area contributed by atoms with E-state index in [0.717, 1.165) is 11.3 Å². The van der Waals surface area contributed by atoms with Gasteiger partial charge in [0, 0.05) is 24.9 Å². The maximum Gasteiger partial charge on any atom is 0.238 e. The van der Waals surface area contributed by atoms with Crippen molar-refractivity contribution in [3.05, 3.63) is 29.8 Å². The summed E-state index contributed by atoms with van der Waals surface area (Å²) in [5, 5.41) is 5.82. The predicted molar refractivity (Wildman–Crippen MR) is 74.5 cm³/mol. The summed E-state index contributed by atoms with van der Waals surface area (Å²) in [7, 11) is 1.63. The summed E-state index contributed by atoms with van der Waals surface area (Å²) in [5.41, 5.74) is 1.65. The Labute approximate surface area is 118 Å². The van der Waals surface area contributed by atoms with Crippen molar-refractivity contribution in [3.63, 3.8) is 0 Å². The highest BCUT2D eigenvalue weighted by atomic mass is 16.7. The quantitative estimate of drug-likeness (QED) is 0.727. The molecule has 1 aliphatic rings. The van der Waals surface area contributed by atoms with Crippen LogP contribution in [0.15, 0.2) is 24.3 Å². The minimum Gasteiger partial charge on any atom is -0.383 e. The lowest BCUT2D eigenvalue weighted by Crippen LogP contribution is -2.30. The summed E-state index contributed by atoms with van der Waals surface area (Å²) in [4.78, 5) is 11.7. The van der Waals surface area contributed by atoms with Gasteiger partial charge in [0.2, 0.25) is 5.91 Å². The molecule has 6 heteroatoms. The van der Waals surface area contributed by atoms with E-state index in [1.54, 1.807) is 7.11 Å². The predicted octanol–water partition coefficient (Wildman–Crippen LogP) is 0.906. The van der Waals surface area contributed by atoms with Crippen molar-refractivity contribution in [2.45, 2.75) is 6.29 Å². The Kier molecular flexibility index (Phi) is 5.94. The van der Waals surface area contributed by atoms with Crippen LogP contribution in [-0.2, 0) is 19.0 Å². The number of benzene rings is 1. The van der Waals surface area contributed by atoms with Crippen LogP contribution in [0.5, 0.6) is 0 Å². The Morgan fingerprint density at radius 1 is 1.40 bits per heavy atom. The number of anilines is 1. The van der Waals surface area contributed by atoms with E-state index in [0.29, 0.717) is 26.4 Å². The van der Waals surface area contributed by atoms with Crippen molar-refractivity contribution in [2.75, 3.05) is 45.3 Å². The zero-order chi connectivity index (χ0) is 14.2. The molecule has 6 nitrogen and oxygen atoms in total. The topological polar surface area (TPSA) is 68.8 Å². The van der Waals surface area contributed by atoms with Crippen LogP contribution in [0.4, 0.5) is 5.69 Å². The fourth-order valence-electron chi connectivity index (χ4n) is 1.90. The molecule has 1 aliphatic heterocycles. The van der Waals surface area contributed by atoms with Crippen molar-refractivity contribution >= 4 is 11.6 Å². The highest BCUT2D eigenvalue weighted by Gasteiger charge is 2.18. The lowest BCUT2D eigenvalue weighted by Gasteiger charge is -2.11. The van der Waals surface area contributed by atoms with Gasteiger partial charge < -0.3 is 24.8 Å². The van der Waals surface area contributed by atoms with E-state index in [-0.39, 0.29) is 18.7 Å². The van der Waals surface area contributed by atoms with Gasteiger partial charge in [-0.25, -0.2) is 0 Å². The van der Waals surface area contributed by atoms with Crippen LogP contribution in [0.2, 0.25) is 0 Å². The molecule has 0 unspecified atom stereocenters. The van der Waals surface area contributed by atoms with Gasteiger partial charge in [0.25, 0.3) is 0 Å². The Morgan fingerprint density at radius 3 is 2.95 bits per heavy atom. The Balaban J connectivity index is 1.82. The molecule has 1 saturated heterocycles. The first-order chi connectivity index (χ1) is 9.79. The smallest absolute Gasteiger partial charge is 0.238 e. The second kappa shape index (κ2) is 7.96. The number of amides is 1. The minimum absolute atomic E-state index is 0.0912. The van der Waals surface area contributed by atoms with Gasteiger partial charge in [0.15, 0.2) is 6.29 Å². The SMILES string of the molecule is COCCNCC(=O)Nc1cccc(C2OCCO2)c1. The molecule has 1 aromatic rings. The van der Waals surface area contributed by atoms with Gasteiger partial charge in [-0.1, -0.05) is 12.1 Å². The van der Waals surface area contributed by atoms with E-state index >= 15 is 0 Å². The van der Waals surface area contributed by atoms with Crippen molar-refractivity contribution in [3.8, 4) is 0 Å². The number of carbonyl (C=O) groups excluding carboxylic acids is 1. The molecule has 1 amide bonds. The van der Waals surface area contributed by atoms with E-state index in [1.807, 2.05) is 24.3 Å². The third-order valence-electron chi connectivity index (χ3n) is 2.83. The molecule has 20 heavy (non-hydrogen) atoms. The normalized spacial score (nSPS) is 15.4. The molecule has 1 aromatic carbocycles. The van der Waals surface area contributed by atoms with E-state index in [2.05, 4.69) is 10.6 Å². The van der Waals surface area contributed by atoms with E-state index < -0.39 is 0 Å². The highest BCUT2D eigenvalue weighted by molar-refractivity contribution is 5.92. The second-order valence-electron chi connectivity index (χ2n) is 4.42. The molecular weight excluding hydrogens is 260 g/mol. The number of nitrogens with one attached hydrogen (secondary N) is 2. The van der Waals surface area contributed by atoms with Gasteiger partial charge in [0.05, 0.1) is 26.4 Å². The number of hydrogen-bond acceptors (Lipinski definition) is 5. The molecule has 0 atom stereocenters. The summed E-state index contributed by atoms with van der Waals surface area (Å²) in [6, 6.07) is 7.49. The number of hydrogen-bond donors (Lipinski definition) is 2. The molecule has 0 spiro atoms. The van der Waals surface area contributed by atoms with Crippen LogP contribution in [0, 0.1) is 0 Å². The maximum atomic E-state index is 11.7. The van der Waals surface area contributed by atoms with Crippen molar-refractivity contribution < 1.29 is 19.0 Å². The zero-order valence-electron chi connectivity index (χ0n) is 11.6. The molecule has 0 saturated carbocycles. The van der Waals surface area contributed by atoms with Crippen LogP contribution in [-0.4, -0.2) is 45.9 Å². The van der Waals surface area contributed by atoms with E-state index in [1.165, 1.54) is 0 Å². The molecule has 2 N–H and O–H groups in total. The molecule has 0 bridgehead atoms. The van der Waals surface area contributed by atoms with Gasteiger partial charge in [-0.2, -0.15) is 0 Å². The molecule has 0 aromatic heterocycles. The number of ether oxygens (including phenoxy) is 3. The summed E-state index contributed by atoms with van der Waals surface area (Å²) in [6.45, 7) is 2.69. The summed E-state index contributed by atoms with van der Waals surface area (Å²) >= 11 is 0. The summed E-state index contributed by atoms with van der Waals surface area (Å²) in [5.74, 6) is -0.0912. The molecular formula is C14H20N2O4. The first-order valence-corrected chi connectivity index (χ1v) is 6.62. The number of rotatable bonds is 7. The van der Waals surface area contributed by atoms with Gasteiger partial charge in [-0.3, -0.25) is 4.79 Å². The zero-order valence-corrected chi connectivity index (χ0v) is 11.6. The molecule has 2 rings (SSSR count). The monoisotopic (exact) mass is 280 g/mol. The van der Waals surface area contributed by atoms with E-state index in [4.69, 9.17) is 14.2 Å².